The van der Waals surface area contributed by atoms with E-state index in [1.54, 1.807) is 18.2 Å². The summed E-state index contributed by atoms with van der Waals surface area (Å²) in [4.78, 5) is 19.4. The zero-order valence-corrected chi connectivity index (χ0v) is 19.1. The fourth-order valence-electron chi connectivity index (χ4n) is 3.68. The van der Waals surface area contributed by atoms with Crippen LogP contribution in [0.5, 0.6) is 0 Å². The summed E-state index contributed by atoms with van der Waals surface area (Å²) < 4.78 is 5.42. The maximum Gasteiger partial charge on any atom is 0.241 e. The number of benzene rings is 2. The quantitative estimate of drug-likeness (QED) is 0.496. The molecule has 1 N–H and O–H groups in total. The van der Waals surface area contributed by atoms with E-state index < -0.39 is 0 Å². The van der Waals surface area contributed by atoms with Crippen LogP contribution in [0.3, 0.4) is 0 Å². The Morgan fingerprint density at radius 3 is 2.87 bits per heavy atom. The number of hydrogen-bond acceptors (Lipinski definition) is 5. The van der Waals surface area contributed by atoms with Crippen LogP contribution in [-0.4, -0.2) is 34.0 Å². The molecule has 1 aromatic heterocycles. The molecule has 2 heterocycles. The molecule has 3 aromatic rings. The van der Waals surface area contributed by atoms with Gasteiger partial charge in [-0.25, -0.2) is 0 Å². The van der Waals surface area contributed by atoms with Gasteiger partial charge in [-0.05, 0) is 62.2 Å². The maximum atomic E-state index is 12.8. The van der Waals surface area contributed by atoms with Crippen molar-refractivity contribution in [3.05, 3.63) is 62.9 Å². The van der Waals surface area contributed by atoms with Gasteiger partial charge in [0.1, 0.15) is 0 Å². The molecular weight excluding hydrogens is 459 g/mol. The van der Waals surface area contributed by atoms with Gasteiger partial charge in [-0.2, -0.15) is 4.98 Å². The third kappa shape index (κ3) is 5.21. The number of carbonyl (C=O) groups is 1. The molecule has 1 amide bonds. The number of amides is 1. The molecule has 1 saturated heterocycles. The van der Waals surface area contributed by atoms with Crippen molar-refractivity contribution in [3.63, 3.8) is 0 Å². The van der Waals surface area contributed by atoms with Crippen LogP contribution in [0.25, 0.3) is 11.4 Å². The minimum atomic E-state index is -0.125. The van der Waals surface area contributed by atoms with Gasteiger partial charge in [0.25, 0.3) is 0 Å². The number of carbonyl (C=O) groups excluding carboxylic acids is 1. The van der Waals surface area contributed by atoms with E-state index in [4.69, 9.17) is 39.3 Å². The molecule has 0 bridgehead atoms. The number of piperidine rings is 1. The van der Waals surface area contributed by atoms with Crippen molar-refractivity contribution >= 4 is 46.4 Å². The van der Waals surface area contributed by atoms with Crippen molar-refractivity contribution in [1.29, 1.82) is 0 Å². The second kappa shape index (κ2) is 9.57. The van der Waals surface area contributed by atoms with E-state index in [9.17, 15) is 4.79 Å². The minimum Gasteiger partial charge on any atom is -0.338 e. The van der Waals surface area contributed by atoms with Gasteiger partial charge in [0, 0.05) is 27.8 Å². The number of likely N-dealkylation sites (tertiary alicyclic amines) is 1. The Hall–Kier alpha value is -2.12. The highest BCUT2D eigenvalue weighted by molar-refractivity contribution is 6.36. The highest BCUT2D eigenvalue weighted by Gasteiger charge is 2.27. The predicted octanol–water partition coefficient (Wildman–Crippen LogP) is 5.86. The summed E-state index contributed by atoms with van der Waals surface area (Å²) in [7, 11) is 0. The topological polar surface area (TPSA) is 71.3 Å². The molecular formula is C22H21Cl3N4O2. The normalized spacial score (nSPS) is 17.0. The molecule has 1 atom stereocenters. The number of halogens is 3. The standard InChI is InChI=1S/C22H21Cl3N4O2/c1-13-17(24)5-2-6-19(13)26-22(30)14-4-3-9-29(11-14)12-20-27-21(28-31-20)16-8-7-15(23)10-18(16)25/h2,5-8,10,14H,3-4,9,11-12H2,1H3,(H,26,30). The van der Waals surface area contributed by atoms with Crippen LogP contribution in [0.2, 0.25) is 15.1 Å². The van der Waals surface area contributed by atoms with Gasteiger partial charge in [-0.3, -0.25) is 9.69 Å². The van der Waals surface area contributed by atoms with Crippen LogP contribution in [0, 0.1) is 12.8 Å². The lowest BCUT2D eigenvalue weighted by Gasteiger charge is -2.31. The van der Waals surface area contributed by atoms with Crippen molar-refractivity contribution in [2.24, 2.45) is 5.92 Å². The zero-order chi connectivity index (χ0) is 22.0. The summed E-state index contributed by atoms with van der Waals surface area (Å²) >= 11 is 18.4. The first-order valence-electron chi connectivity index (χ1n) is 9.97. The Kier molecular flexibility index (Phi) is 6.82. The fraction of sp³-hybridized carbons (Fsp3) is 0.318. The van der Waals surface area contributed by atoms with E-state index in [-0.39, 0.29) is 11.8 Å². The maximum absolute atomic E-state index is 12.8. The van der Waals surface area contributed by atoms with Crippen LogP contribution in [0.15, 0.2) is 40.9 Å². The van der Waals surface area contributed by atoms with Crippen LogP contribution in [0.4, 0.5) is 5.69 Å². The second-order valence-corrected chi connectivity index (χ2v) is 8.86. The molecule has 4 rings (SSSR count). The molecule has 0 saturated carbocycles. The van der Waals surface area contributed by atoms with Gasteiger partial charge >= 0.3 is 0 Å². The van der Waals surface area contributed by atoms with Gasteiger partial charge in [0.2, 0.25) is 17.6 Å². The Labute approximate surface area is 195 Å². The Morgan fingerprint density at radius 1 is 1.23 bits per heavy atom. The molecule has 162 valence electrons. The summed E-state index contributed by atoms with van der Waals surface area (Å²) in [5.41, 5.74) is 2.27. The first kappa shape index (κ1) is 22.1. The van der Waals surface area contributed by atoms with E-state index in [1.807, 2.05) is 25.1 Å². The lowest BCUT2D eigenvalue weighted by molar-refractivity contribution is -0.121. The second-order valence-electron chi connectivity index (χ2n) is 7.61. The van der Waals surface area contributed by atoms with Gasteiger partial charge in [0.15, 0.2) is 0 Å². The molecule has 0 radical (unpaired) electrons. The van der Waals surface area contributed by atoms with Crippen LogP contribution in [0.1, 0.15) is 24.3 Å². The molecule has 1 unspecified atom stereocenters. The molecule has 1 aliphatic heterocycles. The third-order valence-corrected chi connectivity index (χ3v) is 6.36. The highest BCUT2D eigenvalue weighted by atomic mass is 35.5. The first-order chi connectivity index (χ1) is 14.9. The Morgan fingerprint density at radius 2 is 2.06 bits per heavy atom. The number of anilines is 1. The van der Waals surface area contributed by atoms with E-state index in [1.165, 1.54) is 0 Å². The zero-order valence-electron chi connectivity index (χ0n) is 16.9. The van der Waals surface area contributed by atoms with Gasteiger partial charge < -0.3 is 9.84 Å². The molecule has 0 aliphatic carbocycles. The summed E-state index contributed by atoms with van der Waals surface area (Å²) in [6, 6.07) is 10.6. The summed E-state index contributed by atoms with van der Waals surface area (Å²) in [5, 5.41) is 8.70. The molecule has 31 heavy (non-hydrogen) atoms. The van der Waals surface area contributed by atoms with E-state index in [2.05, 4.69) is 20.4 Å². The molecule has 1 aliphatic rings. The third-order valence-electron chi connectivity index (χ3n) is 5.40. The summed E-state index contributed by atoms with van der Waals surface area (Å²) in [6.07, 6.45) is 1.74. The number of rotatable bonds is 5. The Bertz CT molecular complexity index is 1100. The molecule has 0 spiro atoms. The molecule has 2 aromatic carbocycles. The fourth-order valence-corrected chi connectivity index (χ4v) is 4.35. The monoisotopic (exact) mass is 478 g/mol. The summed E-state index contributed by atoms with van der Waals surface area (Å²) in [5.74, 6) is 0.765. The van der Waals surface area contributed by atoms with Crippen molar-refractivity contribution in [3.8, 4) is 11.4 Å². The lowest BCUT2D eigenvalue weighted by atomic mass is 9.97. The number of hydrogen-bond donors (Lipinski definition) is 1. The SMILES string of the molecule is Cc1c(Cl)cccc1NC(=O)C1CCCN(Cc2nc(-c3ccc(Cl)cc3Cl)no2)C1. The molecule has 1 fully saturated rings. The number of nitrogens with one attached hydrogen (secondary N) is 1. The van der Waals surface area contributed by atoms with Gasteiger partial charge in [0.05, 0.1) is 17.5 Å². The van der Waals surface area contributed by atoms with Crippen molar-refractivity contribution < 1.29 is 9.32 Å². The van der Waals surface area contributed by atoms with Crippen molar-refractivity contribution in [2.75, 3.05) is 18.4 Å². The lowest BCUT2D eigenvalue weighted by Crippen LogP contribution is -2.40. The van der Waals surface area contributed by atoms with Crippen molar-refractivity contribution in [1.82, 2.24) is 15.0 Å². The first-order valence-corrected chi connectivity index (χ1v) is 11.1. The predicted molar refractivity (Wildman–Crippen MR) is 123 cm³/mol. The smallest absolute Gasteiger partial charge is 0.241 e. The molecule has 6 nitrogen and oxygen atoms in total. The van der Waals surface area contributed by atoms with E-state index in [0.29, 0.717) is 45.4 Å². The average Bonchev–Trinajstić information content (AvgIpc) is 3.19. The van der Waals surface area contributed by atoms with Gasteiger partial charge in [-0.1, -0.05) is 46.0 Å². The van der Waals surface area contributed by atoms with E-state index in [0.717, 1.165) is 30.6 Å². The minimum absolute atomic E-state index is 0.00534. The number of aromatic nitrogens is 2. The Balaban J connectivity index is 1.39. The van der Waals surface area contributed by atoms with E-state index >= 15 is 0 Å². The summed E-state index contributed by atoms with van der Waals surface area (Å²) in [6.45, 7) is 3.84. The number of nitrogens with zero attached hydrogens (tertiary/aromatic N) is 3. The highest BCUT2D eigenvalue weighted by Crippen LogP contribution is 2.29. The van der Waals surface area contributed by atoms with Crippen LogP contribution < -0.4 is 5.32 Å². The largest absolute Gasteiger partial charge is 0.338 e. The van der Waals surface area contributed by atoms with Gasteiger partial charge in [-0.15, -0.1) is 0 Å². The molecule has 9 heteroatoms. The average molecular weight is 480 g/mol. The van der Waals surface area contributed by atoms with Crippen LogP contribution in [-0.2, 0) is 11.3 Å². The van der Waals surface area contributed by atoms with Crippen molar-refractivity contribution in [2.45, 2.75) is 26.3 Å². The van der Waals surface area contributed by atoms with Crippen LogP contribution >= 0.6 is 34.8 Å².